The third-order valence-corrected chi connectivity index (χ3v) is 4.42. The Bertz CT molecular complexity index is 541. The summed E-state index contributed by atoms with van der Waals surface area (Å²) in [6, 6.07) is 9.47. The zero-order valence-corrected chi connectivity index (χ0v) is 14.4. The standard InChI is InChI=1S/C17H23N3O3.ClH/c21-16(19-14-4-2-1-3-5-14)13-6-9-20(10-7-13)17(22)15-12-18-8-11-23-15;/h1-5,13,15,18H,6-12H2,(H,19,21);1H. The minimum Gasteiger partial charge on any atom is -0.366 e. The summed E-state index contributed by atoms with van der Waals surface area (Å²) in [5.41, 5.74) is 0.817. The Morgan fingerprint density at radius 2 is 1.88 bits per heavy atom. The fourth-order valence-corrected chi connectivity index (χ4v) is 3.06. The van der Waals surface area contributed by atoms with Crippen molar-refractivity contribution >= 4 is 29.9 Å². The monoisotopic (exact) mass is 353 g/mol. The van der Waals surface area contributed by atoms with E-state index in [4.69, 9.17) is 4.74 Å². The summed E-state index contributed by atoms with van der Waals surface area (Å²) in [5, 5.41) is 6.11. The van der Waals surface area contributed by atoms with E-state index in [9.17, 15) is 9.59 Å². The van der Waals surface area contributed by atoms with Crippen molar-refractivity contribution in [2.75, 3.05) is 38.1 Å². The van der Waals surface area contributed by atoms with Crippen LogP contribution in [0.25, 0.3) is 0 Å². The second-order valence-electron chi connectivity index (χ2n) is 6.02. The number of rotatable bonds is 3. The summed E-state index contributed by atoms with van der Waals surface area (Å²) in [5.74, 6) is 0.0441. The molecule has 0 saturated carbocycles. The first-order chi connectivity index (χ1) is 11.2. The molecule has 24 heavy (non-hydrogen) atoms. The molecule has 1 unspecified atom stereocenters. The van der Waals surface area contributed by atoms with Crippen LogP contribution in [0, 0.1) is 5.92 Å². The number of amides is 2. The fourth-order valence-electron chi connectivity index (χ4n) is 3.06. The van der Waals surface area contributed by atoms with Crippen LogP contribution in [0.4, 0.5) is 5.69 Å². The molecule has 2 aliphatic rings. The predicted octanol–water partition coefficient (Wildman–Crippen LogP) is 1.27. The van der Waals surface area contributed by atoms with Crippen molar-refractivity contribution in [1.82, 2.24) is 10.2 Å². The zero-order valence-electron chi connectivity index (χ0n) is 13.6. The Kier molecular flexibility index (Phi) is 7.02. The lowest BCUT2D eigenvalue weighted by atomic mass is 9.95. The third kappa shape index (κ3) is 4.69. The molecule has 3 rings (SSSR count). The lowest BCUT2D eigenvalue weighted by Crippen LogP contribution is -2.51. The number of benzene rings is 1. The van der Waals surface area contributed by atoms with Crippen molar-refractivity contribution in [2.24, 2.45) is 5.92 Å². The molecule has 1 aromatic carbocycles. The summed E-state index contributed by atoms with van der Waals surface area (Å²) in [7, 11) is 0. The normalized spacial score (nSPS) is 21.7. The average Bonchev–Trinajstić information content (AvgIpc) is 2.63. The Labute approximate surface area is 148 Å². The number of nitrogens with zero attached hydrogens (tertiary/aromatic N) is 1. The molecule has 0 bridgehead atoms. The minimum atomic E-state index is -0.376. The van der Waals surface area contributed by atoms with Crippen molar-refractivity contribution in [2.45, 2.75) is 18.9 Å². The van der Waals surface area contributed by atoms with Crippen LogP contribution < -0.4 is 10.6 Å². The number of likely N-dealkylation sites (tertiary alicyclic amines) is 1. The highest BCUT2D eigenvalue weighted by Gasteiger charge is 2.31. The molecule has 0 radical (unpaired) electrons. The molecule has 1 atom stereocenters. The molecule has 2 saturated heterocycles. The summed E-state index contributed by atoms with van der Waals surface area (Å²) in [6.07, 6.45) is 1.02. The highest BCUT2D eigenvalue weighted by Crippen LogP contribution is 2.20. The number of hydrogen-bond donors (Lipinski definition) is 2. The predicted molar refractivity (Wildman–Crippen MR) is 94.2 cm³/mol. The second kappa shape index (κ2) is 9.01. The fraction of sp³-hybridized carbons (Fsp3) is 0.529. The van der Waals surface area contributed by atoms with Crippen LogP contribution in [0.15, 0.2) is 30.3 Å². The molecule has 2 heterocycles. The van der Waals surface area contributed by atoms with Crippen molar-refractivity contribution in [3.8, 4) is 0 Å². The maximum Gasteiger partial charge on any atom is 0.253 e. The van der Waals surface area contributed by atoms with E-state index in [1.54, 1.807) is 0 Å². The van der Waals surface area contributed by atoms with Gasteiger partial charge in [0.15, 0.2) is 0 Å². The zero-order chi connectivity index (χ0) is 16.1. The summed E-state index contributed by atoms with van der Waals surface area (Å²) < 4.78 is 5.51. The van der Waals surface area contributed by atoms with Crippen LogP contribution in [-0.2, 0) is 14.3 Å². The van der Waals surface area contributed by atoms with E-state index in [1.807, 2.05) is 35.2 Å². The number of hydrogen-bond acceptors (Lipinski definition) is 4. The largest absolute Gasteiger partial charge is 0.366 e. The maximum atomic E-state index is 12.4. The number of anilines is 1. The van der Waals surface area contributed by atoms with Gasteiger partial charge in [-0.2, -0.15) is 0 Å². The first-order valence-corrected chi connectivity index (χ1v) is 8.21. The Morgan fingerprint density at radius 3 is 2.50 bits per heavy atom. The molecule has 132 valence electrons. The molecule has 0 aromatic heterocycles. The van der Waals surface area contributed by atoms with Gasteiger partial charge in [0.05, 0.1) is 6.61 Å². The number of carbonyl (C=O) groups is 2. The van der Waals surface area contributed by atoms with E-state index in [-0.39, 0.29) is 36.2 Å². The van der Waals surface area contributed by atoms with E-state index in [0.29, 0.717) is 39.1 Å². The van der Waals surface area contributed by atoms with E-state index in [2.05, 4.69) is 10.6 Å². The van der Waals surface area contributed by atoms with Gasteiger partial charge >= 0.3 is 0 Å². The van der Waals surface area contributed by atoms with E-state index < -0.39 is 0 Å². The Morgan fingerprint density at radius 1 is 1.17 bits per heavy atom. The van der Waals surface area contributed by atoms with Crippen LogP contribution in [0.1, 0.15) is 12.8 Å². The number of morpholine rings is 1. The first-order valence-electron chi connectivity index (χ1n) is 8.21. The SMILES string of the molecule is Cl.O=C(Nc1ccccc1)C1CCN(C(=O)C2CNCCO2)CC1. The van der Waals surface area contributed by atoms with Gasteiger partial charge < -0.3 is 20.3 Å². The minimum absolute atomic E-state index is 0. The number of halogens is 1. The van der Waals surface area contributed by atoms with Gasteiger partial charge in [0, 0.05) is 37.8 Å². The van der Waals surface area contributed by atoms with Crippen molar-refractivity contribution in [3.05, 3.63) is 30.3 Å². The number of piperidine rings is 1. The summed E-state index contributed by atoms with van der Waals surface area (Å²) >= 11 is 0. The van der Waals surface area contributed by atoms with E-state index >= 15 is 0 Å². The van der Waals surface area contributed by atoms with Gasteiger partial charge in [0.1, 0.15) is 6.10 Å². The van der Waals surface area contributed by atoms with Crippen LogP contribution in [0.3, 0.4) is 0 Å². The lowest BCUT2D eigenvalue weighted by Gasteiger charge is -2.34. The number of carbonyl (C=O) groups excluding carboxylic acids is 2. The quantitative estimate of drug-likeness (QED) is 0.858. The molecule has 6 nitrogen and oxygen atoms in total. The van der Waals surface area contributed by atoms with E-state index in [0.717, 1.165) is 12.2 Å². The van der Waals surface area contributed by atoms with Gasteiger partial charge in [0.25, 0.3) is 5.91 Å². The van der Waals surface area contributed by atoms with Crippen molar-refractivity contribution in [3.63, 3.8) is 0 Å². The van der Waals surface area contributed by atoms with E-state index in [1.165, 1.54) is 0 Å². The molecule has 0 spiro atoms. The van der Waals surface area contributed by atoms with Crippen LogP contribution in [0.5, 0.6) is 0 Å². The van der Waals surface area contributed by atoms with Gasteiger partial charge in [-0.15, -0.1) is 12.4 Å². The highest BCUT2D eigenvalue weighted by molar-refractivity contribution is 5.92. The highest BCUT2D eigenvalue weighted by atomic mass is 35.5. The Balaban J connectivity index is 0.00000208. The van der Waals surface area contributed by atoms with Crippen molar-refractivity contribution < 1.29 is 14.3 Å². The molecule has 2 amide bonds. The third-order valence-electron chi connectivity index (χ3n) is 4.42. The van der Waals surface area contributed by atoms with Gasteiger partial charge in [-0.05, 0) is 25.0 Å². The lowest BCUT2D eigenvalue weighted by molar-refractivity contribution is -0.147. The topological polar surface area (TPSA) is 70.7 Å². The molecular formula is C17H24ClN3O3. The molecule has 2 N–H and O–H groups in total. The maximum absolute atomic E-state index is 12.4. The molecule has 2 aliphatic heterocycles. The van der Waals surface area contributed by atoms with Gasteiger partial charge in [0.2, 0.25) is 5.91 Å². The molecule has 7 heteroatoms. The van der Waals surface area contributed by atoms with Crippen LogP contribution in [0.2, 0.25) is 0 Å². The average molecular weight is 354 g/mol. The Hall–Kier alpha value is -1.63. The van der Waals surface area contributed by atoms with Crippen LogP contribution >= 0.6 is 12.4 Å². The first kappa shape index (κ1) is 18.7. The summed E-state index contributed by atoms with van der Waals surface area (Å²) in [4.78, 5) is 26.5. The van der Waals surface area contributed by atoms with Gasteiger partial charge in [-0.3, -0.25) is 9.59 Å². The second-order valence-corrected chi connectivity index (χ2v) is 6.02. The molecule has 2 fully saturated rings. The van der Waals surface area contributed by atoms with Gasteiger partial charge in [-0.25, -0.2) is 0 Å². The number of ether oxygens (including phenoxy) is 1. The molecule has 0 aliphatic carbocycles. The van der Waals surface area contributed by atoms with Gasteiger partial charge in [-0.1, -0.05) is 18.2 Å². The molecular weight excluding hydrogens is 330 g/mol. The van der Waals surface area contributed by atoms with Crippen molar-refractivity contribution in [1.29, 1.82) is 0 Å². The van der Waals surface area contributed by atoms with Crippen LogP contribution in [-0.4, -0.2) is 55.6 Å². The molecule has 1 aromatic rings. The summed E-state index contributed by atoms with van der Waals surface area (Å²) in [6.45, 7) is 3.18. The smallest absolute Gasteiger partial charge is 0.253 e. The number of para-hydroxylation sites is 1. The number of nitrogens with one attached hydrogen (secondary N) is 2.